The van der Waals surface area contributed by atoms with Gasteiger partial charge in [0.15, 0.2) is 0 Å². The van der Waals surface area contributed by atoms with E-state index in [1.54, 1.807) is 18.5 Å². The number of carbonyl (C=O) groups is 1. The monoisotopic (exact) mass is 383 g/mol. The average molecular weight is 383 g/mol. The molecule has 0 spiro atoms. The van der Waals surface area contributed by atoms with Crippen LogP contribution in [0.25, 0.3) is 21.9 Å². The molecule has 0 saturated carbocycles. The minimum Gasteiger partial charge on any atom is -0.508 e. The van der Waals surface area contributed by atoms with E-state index in [4.69, 9.17) is 4.74 Å². The molecule has 1 saturated heterocycles. The first-order valence-corrected chi connectivity index (χ1v) is 9.50. The van der Waals surface area contributed by atoms with Crippen LogP contribution in [-0.2, 0) is 4.74 Å². The van der Waals surface area contributed by atoms with Crippen LogP contribution >= 0.6 is 0 Å². The van der Waals surface area contributed by atoms with Gasteiger partial charge in [-0.15, -0.1) is 0 Å². The number of benzene rings is 1. The zero-order valence-corrected chi connectivity index (χ0v) is 16.3. The van der Waals surface area contributed by atoms with E-state index < -0.39 is 5.60 Å². The van der Waals surface area contributed by atoms with E-state index >= 15 is 0 Å². The summed E-state index contributed by atoms with van der Waals surface area (Å²) in [7, 11) is 0. The number of aromatic hydroxyl groups is 1. The second-order valence-corrected chi connectivity index (χ2v) is 8.18. The highest BCUT2D eigenvalue weighted by Gasteiger charge is 2.26. The second-order valence-electron chi connectivity index (χ2n) is 8.18. The molecule has 148 valence electrons. The molecule has 2 aromatic heterocycles. The Labute approximate surface area is 162 Å². The lowest BCUT2D eigenvalue weighted by Gasteiger charge is -2.33. The van der Waals surface area contributed by atoms with Crippen LogP contribution in [0.2, 0.25) is 0 Å². The smallest absolute Gasteiger partial charge is 0.407 e. The van der Waals surface area contributed by atoms with Gasteiger partial charge < -0.3 is 25.0 Å². The molecule has 1 amide bonds. The predicted molar refractivity (Wildman–Crippen MR) is 108 cm³/mol. The first kappa shape index (κ1) is 18.3. The quantitative estimate of drug-likeness (QED) is 0.627. The number of nitrogens with one attached hydrogen (secondary N) is 2. The maximum absolute atomic E-state index is 12.0. The van der Waals surface area contributed by atoms with Gasteiger partial charge in [0.05, 0.1) is 5.39 Å². The number of phenols is 1. The van der Waals surface area contributed by atoms with Crippen molar-refractivity contribution in [3.8, 4) is 5.75 Å². The summed E-state index contributed by atoms with van der Waals surface area (Å²) in [4.78, 5) is 26.3. The highest BCUT2D eigenvalue weighted by Crippen LogP contribution is 2.33. The van der Waals surface area contributed by atoms with Gasteiger partial charge in [0.2, 0.25) is 0 Å². The van der Waals surface area contributed by atoms with Gasteiger partial charge in [0, 0.05) is 30.0 Å². The lowest BCUT2D eigenvalue weighted by atomic mass is 10.0. The highest BCUT2D eigenvalue weighted by atomic mass is 16.6. The molecular weight excluding hydrogens is 358 g/mol. The largest absolute Gasteiger partial charge is 0.508 e. The summed E-state index contributed by atoms with van der Waals surface area (Å²) >= 11 is 0. The first-order chi connectivity index (χ1) is 13.3. The van der Waals surface area contributed by atoms with E-state index in [9.17, 15) is 9.90 Å². The highest BCUT2D eigenvalue weighted by molar-refractivity contribution is 6.11. The number of amides is 1. The van der Waals surface area contributed by atoms with Crippen molar-refractivity contribution in [2.45, 2.75) is 45.3 Å². The zero-order valence-electron chi connectivity index (χ0n) is 16.3. The number of aromatic amines is 1. The summed E-state index contributed by atoms with van der Waals surface area (Å²) in [5.41, 5.74) is 1.16. The van der Waals surface area contributed by atoms with Crippen LogP contribution in [0.5, 0.6) is 5.75 Å². The van der Waals surface area contributed by atoms with E-state index in [1.807, 2.05) is 26.8 Å². The number of hydrogen-bond acceptors (Lipinski definition) is 6. The molecule has 3 aromatic rings. The van der Waals surface area contributed by atoms with Gasteiger partial charge in [0.25, 0.3) is 0 Å². The van der Waals surface area contributed by atoms with Gasteiger partial charge >= 0.3 is 6.09 Å². The van der Waals surface area contributed by atoms with Gasteiger partial charge in [-0.1, -0.05) is 0 Å². The summed E-state index contributed by atoms with van der Waals surface area (Å²) < 4.78 is 5.35. The maximum atomic E-state index is 12.0. The van der Waals surface area contributed by atoms with Crippen LogP contribution in [-0.4, -0.2) is 50.9 Å². The van der Waals surface area contributed by atoms with Crippen molar-refractivity contribution in [3.63, 3.8) is 0 Å². The Morgan fingerprint density at radius 2 is 2.04 bits per heavy atom. The van der Waals surface area contributed by atoms with Crippen molar-refractivity contribution in [2.24, 2.45) is 0 Å². The van der Waals surface area contributed by atoms with Crippen molar-refractivity contribution in [1.82, 2.24) is 20.3 Å². The fourth-order valence-corrected chi connectivity index (χ4v) is 3.64. The Balaban J connectivity index is 1.52. The van der Waals surface area contributed by atoms with E-state index in [0.29, 0.717) is 0 Å². The topological polar surface area (TPSA) is 103 Å². The molecule has 0 atom stereocenters. The number of H-pyrrole nitrogens is 1. The Bertz CT molecular complexity index is 1020. The zero-order chi connectivity index (χ0) is 19.9. The molecule has 8 nitrogen and oxygen atoms in total. The minimum absolute atomic E-state index is 0.0791. The van der Waals surface area contributed by atoms with Gasteiger partial charge in [-0.3, -0.25) is 0 Å². The summed E-state index contributed by atoms with van der Waals surface area (Å²) in [6, 6.07) is 5.30. The van der Waals surface area contributed by atoms with Crippen molar-refractivity contribution in [1.29, 1.82) is 0 Å². The van der Waals surface area contributed by atoms with E-state index in [-0.39, 0.29) is 17.9 Å². The number of rotatable bonds is 2. The molecule has 0 radical (unpaired) electrons. The number of alkyl carbamates (subject to hydrolysis) is 1. The Morgan fingerprint density at radius 1 is 1.29 bits per heavy atom. The summed E-state index contributed by atoms with van der Waals surface area (Å²) in [6.45, 7) is 7.09. The number of anilines is 1. The Kier molecular flexibility index (Phi) is 4.49. The molecule has 1 fully saturated rings. The summed E-state index contributed by atoms with van der Waals surface area (Å²) in [5.74, 6) is 1.06. The molecule has 4 rings (SSSR count). The van der Waals surface area contributed by atoms with Gasteiger partial charge in [-0.2, -0.15) is 0 Å². The van der Waals surface area contributed by atoms with E-state index in [1.165, 1.54) is 0 Å². The summed E-state index contributed by atoms with van der Waals surface area (Å²) in [5, 5.41) is 14.7. The van der Waals surface area contributed by atoms with Crippen molar-refractivity contribution >= 4 is 33.8 Å². The molecule has 1 aliphatic heterocycles. The lowest BCUT2D eigenvalue weighted by Crippen LogP contribution is -2.46. The van der Waals surface area contributed by atoms with Crippen LogP contribution in [0.3, 0.4) is 0 Å². The number of nitrogens with zero attached hydrogens (tertiary/aromatic N) is 3. The number of ether oxygens (including phenoxy) is 1. The van der Waals surface area contributed by atoms with Crippen LogP contribution in [0.15, 0.2) is 24.5 Å². The lowest BCUT2D eigenvalue weighted by molar-refractivity contribution is 0.0497. The van der Waals surface area contributed by atoms with Crippen LogP contribution in [0, 0.1) is 0 Å². The average Bonchev–Trinajstić information content (AvgIpc) is 2.98. The number of piperidine rings is 1. The number of hydrogen-bond donors (Lipinski definition) is 3. The molecule has 0 aliphatic carbocycles. The molecule has 3 heterocycles. The first-order valence-electron chi connectivity index (χ1n) is 9.50. The van der Waals surface area contributed by atoms with Crippen molar-refractivity contribution in [2.75, 3.05) is 18.0 Å². The van der Waals surface area contributed by atoms with E-state index in [0.717, 1.165) is 53.7 Å². The second kappa shape index (κ2) is 6.85. The third-order valence-electron chi connectivity index (χ3n) is 4.87. The Hall–Kier alpha value is -3.03. The van der Waals surface area contributed by atoms with Crippen LogP contribution < -0.4 is 10.2 Å². The fraction of sp³-hybridized carbons (Fsp3) is 0.450. The van der Waals surface area contributed by atoms with Crippen LogP contribution in [0.1, 0.15) is 33.6 Å². The maximum Gasteiger partial charge on any atom is 0.407 e. The molecule has 1 aromatic carbocycles. The normalized spacial score (nSPS) is 15.9. The number of phenolic OH excluding ortho intramolecular Hbond substituents is 1. The molecule has 3 N–H and O–H groups in total. The number of fused-ring (bicyclic) bond motifs is 3. The third kappa shape index (κ3) is 3.67. The van der Waals surface area contributed by atoms with Crippen molar-refractivity contribution < 1.29 is 14.6 Å². The van der Waals surface area contributed by atoms with Crippen LogP contribution in [0.4, 0.5) is 10.6 Å². The molecular formula is C20H25N5O3. The minimum atomic E-state index is -0.502. The molecule has 28 heavy (non-hydrogen) atoms. The molecule has 8 heteroatoms. The number of aromatic nitrogens is 3. The van der Waals surface area contributed by atoms with Gasteiger partial charge in [-0.25, -0.2) is 14.8 Å². The predicted octanol–water partition coefficient (Wildman–Crippen LogP) is 3.31. The van der Waals surface area contributed by atoms with Gasteiger partial charge in [-0.05, 0) is 51.8 Å². The van der Waals surface area contributed by atoms with Gasteiger partial charge in [0.1, 0.15) is 29.1 Å². The number of carbonyl (C=O) groups excluding carboxylic acids is 1. The third-order valence-corrected chi connectivity index (χ3v) is 4.87. The molecule has 0 unspecified atom stereocenters. The fourth-order valence-electron chi connectivity index (χ4n) is 3.64. The van der Waals surface area contributed by atoms with E-state index in [2.05, 4.69) is 25.2 Å². The SMILES string of the molecule is CC(C)(C)OC(=O)NC1CCN(c2ncnc3[nH]c4ccc(O)cc4c23)CC1. The van der Waals surface area contributed by atoms with Crippen molar-refractivity contribution in [3.05, 3.63) is 24.5 Å². The molecule has 1 aliphatic rings. The standard InChI is InChI=1S/C20H25N5O3/c1-20(2,3)28-19(27)23-12-6-8-25(9-7-12)18-16-14-10-13(26)4-5-15(14)24-17(16)21-11-22-18/h4-5,10-12,26H,6-9H2,1-3H3,(H,23,27)(H,21,22,24). The molecule has 0 bridgehead atoms. The Morgan fingerprint density at radius 3 is 2.75 bits per heavy atom. The summed E-state index contributed by atoms with van der Waals surface area (Å²) in [6.07, 6.45) is 2.79.